The highest BCUT2D eigenvalue weighted by Gasteiger charge is 2.57. The van der Waals surface area contributed by atoms with Gasteiger partial charge in [-0.25, -0.2) is 0 Å². The summed E-state index contributed by atoms with van der Waals surface area (Å²) >= 11 is 0. The molecule has 0 aromatic heterocycles. The molecule has 0 heterocycles. The van der Waals surface area contributed by atoms with E-state index in [2.05, 4.69) is 4.74 Å². The maximum Gasteiger partial charge on any atom is 0.423 e. The fourth-order valence-corrected chi connectivity index (χ4v) is 1.30. The number of rotatable bonds is 3. The highest BCUT2D eigenvalue weighted by molar-refractivity contribution is 5.36. The third-order valence-corrected chi connectivity index (χ3v) is 2.14. The van der Waals surface area contributed by atoms with Gasteiger partial charge in [0.25, 0.3) is 0 Å². The number of alkyl halides is 6. The lowest BCUT2D eigenvalue weighted by atomic mass is 10.1. The van der Waals surface area contributed by atoms with E-state index in [1.807, 2.05) is 0 Å². The summed E-state index contributed by atoms with van der Waals surface area (Å²) in [5.41, 5.74) is -0.0749. The van der Waals surface area contributed by atoms with Crippen molar-refractivity contribution in [2.45, 2.75) is 25.1 Å². The van der Waals surface area contributed by atoms with Crippen LogP contribution in [0.3, 0.4) is 0 Å². The first-order valence-electron chi connectivity index (χ1n) is 4.89. The van der Waals surface area contributed by atoms with Gasteiger partial charge in [-0.15, -0.1) is 0 Å². The summed E-state index contributed by atoms with van der Waals surface area (Å²) in [6.07, 6.45) is -15.0. The molecule has 1 rings (SSSR count). The van der Waals surface area contributed by atoms with Crippen LogP contribution in [0.15, 0.2) is 24.3 Å². The van der Waals surface area contributed by atoms with E-state index in [1.165, 1.54) is 24.3 Å². The SMILES string of the molecule is N#Cc1ccccc1COC(C(F)(F)F)C(F)(F)F. The first-order valence-corrected chi connectivity index (χ1v) is 4.89. The molecule has 0 N–H and O–H groups in total. The summed E-state index contributed by atoms with van der Waals surface area (Å²) in [6, 6.07) is 6.97. The highest BCUT2D eigenvalue weighted by Crippen LogP contribution is 2.36. The number of nitrogens with zero attached hydrogens (tertiary/aromatic N) is 1. The molecule has 104 valence electrons. The highest BCUT2D eigenvalue weighted by atomic mass is 19.4. The summed E-state index contributed by atoms with van der Waals surface area (Å²) in [4.78, 5) is 0. The van der Waals surface area contributed by atoms with Crippen LogP contribution < -0.4 is 0 Å². The fraction of sp³-hybridized carbons (Fsp3) is 0.364. The van der Waals surface area contributed by atoms with E-state index in [0.717, 1.165) is 0 Å². The number of hydrogen-bond acceptors (Lipinski definition) is 2. The molecule has 0 saturated carbocycles. The van der Waals surface area contributed by atoms with E-state index in [9.17, 15) is 26.3 Å². The Kier molecular flexibility index (Phi) is 4.42. The molecule has 0 radical (unpaired) electrons. The van der Waals surface area contributed by atoms with Crippen molar-refractivity contribution < 1.29 is 31.1 Å². The second-order valence-corrected chi connectivity index (χ2v) is 3.54. The largest absolute Gasteiger partial charge is 0.423 e. The van der Waals surface area contributed by atoms with Gasteiger partial charge in [-0.2, -0.15) is 31.6 Å². The van der Waals surface area contributed by atoms with E-state index in [-0.39, 0.29) is 11.1 Å². The molecule has 19 heavy (non-hydrogen) atoms. The maximum absolute atomic E-state index is 12.2. The van der Waals surface area contributed by atoms with E-state index in [1.54, 1.807) is 6.07 Å². The minimum absolute atomic E-state index is 0.0365. The molecule has 0 aliphatic heterocycles. The molecule has 0 unspecified atom stereocenters. The minimum Gasteiger partial charge on any atom is -0.356 e. The monoisotopic (exact) mass is 283 g/mol. The van der Waals surface area contributed by atoms with Gasteiger partial charge in [0, 0.05) is 0 Å². The number of hydrogen-bond donors (Lipinski definition) is 0. The van der Waals surface area contributed by atoms with Crippen molar-refractivity contribution >= 4 is 0 Å². The van der Waals surface area contributed by atoms with Crippen molar-refractivity contribution in [3.63, 3.8) is 0 Å². The number of ether oxygens (including phenoxy) is 1. The van der Waals surface area contributed by atoms with Crippen LogP contribution in [0.2, 0.25) is 0 Å². The van der Waals surface area contributed by atoms with Crippen molar-refractivity contribution in [1.82, 2.24) is 0 Å². The molecular formula is C11H7F6NO. The quantitative estimate of drug-likeness (QED) is 0.794. The average Bonchev–Trinajstić information content (AvgIpc) is 2.26. The van der Waals surface area contributed by atoms with Crippen LogP contribution in [-0.4, -0.2) is 18.5 Å². The molecule has 8 heteroatoms. The van der Waals surface area contributed by atoms with Crippen molar-refractivity contribution in [2.24, 2.45) is 0 Å². The number of benzene rings is 1. The molecule has 0 aliphatic rings. The molecule has 0 spiro atoms. The molecule has 0 fully saturated rings. The van der Waals surface area contributed by atoms with Gasteiger partial charge in [-0.1, -0.05) is 18.2 Å². The fourth-order valence-electron chi connectivity index (χ4n) is 1.30. The molecular weight excluding hydrogens is 276 g/mol. The molecule has 0 amide bonds. The Morgan fingerprint density at radius 1 is 1.05 bits per heavy atom. The summed E-state index contributed by atoms with van der Waals surface area (Å²) in [7, 11) is 0. The van der Waals surface area contributed by atoms with Crippen LogP contribution in [0, 0.1) is 11.3 Å². The van der Waals surface area contributed by atoms with Gasteiger partial charge in [0.05, 0.1) is 18.2 Å². The van der Waals surface area contributed by atoms with Crippen LogP contribution in [0.5, 0.6) is 0 Å². The van der Waals surface area contributed by atoms with Gasteiger partial charge in [0.1, 0.15) is 0 Å². The second-order valence-electron chi connectivity index (χ2n) is 3.54. The molecule has 1 aromatic rings. The predicted molar refractivity (Wildman–Crippen MR) is 51.8 cm³/mol. The lowest BCUT2D eigenvalue weighted by Crippen LogP contribution is -2.44. The van der Waals surface area contributed by atoms with Gasteiger partial charge >= 0.3 is 12.4 Å². The molecule has 0 saturated heterocycles. The normalized spacial score (nSPS) is 12.5. The molecule has 0 atom stereocenters. The van der Waals surface area contributed by atoms with Crippen molar-refractivity contribution in [2.75, 3.05) is 0 Å². The van der Waals surface area contributed by atoms with Crippen LogP contribution in [0.4, 0.5) is 26.3 Å². The molecule has 0 bridgehead atoms. The van der Waals surface area contributed by atoms with Crippen molar-refractivity contribution in [3.8, 4) is 6.07 Å². The Balaban J connectivity index is 2.87. The Bertz CT molecular complexity index is 459. The minimum atomic E-state index is -5.56. The average molecular weight is 283 g/mol. The molecule has 2 nitrogen and oxygen atoms in total. The van der Waals surface area contributed by atoms with Gasteiger partial charge in [-0.3, -0.25) is 0 Å². The Labute approximate surface area is 104 Å². The van der Waals surface area contributed by atoms with Crippen molar-refractivity contribution in [3.05, 3.63) is 35.4 Å². The molecule has 1 aromatic carbocycles. The summed E-state index contributed by atoms with van der Waals surface area (Å²) in [6.45, 7) is -0.951. The Morgan fingerprint density at radius 3 is 2.05 bits per heavy atom. The van der Waals surface area contributed by atoms with Gasteiger partial charge < -0.3 is 4.74 Å². The van der Waals surface area contributed by atoms with E-state index in [4.69, 9.17) is 5.26 Å². The first-order chi connectivity index (χ1) is 8.66. The Hall–Kier alpha value is -1.75. The zero-order valence-corrected chi connectivity index (χ0v) is 9.22. The van der Waals surface area contributed by atoms with E-state index in [0.29, 0.717) is 0 Å². The second kappa shape index (κ2) is 5.48. The van der Waals surface area contributed by atoms with Crippen molar-refractivity contribution in [1.29, 1.82) is 5.26 Å². The standard InChI is InChI=1S/C11H7F6NO/c12-10(13,14)9(11(15,16)17)19-6-8-4-2-1-3-7(8)5-18/h1-4,9H,6H2. The van der Waals surface area contributed by atoms with E-state index >= 15 is 0 Å². The third kappa shape index (κ3) is 4.13. The lowest BCUT2D eigenvalue weighted by Gasteiger charge is -2.23. The van der Waals surface area contributed by atoms with Crippen LogP contribution >= 0.6 is 0 Å². The zero-order valence-electron chi connectivity index (χ0n) is 9.22. The van der Waals surface area contributed by atoms with Gasteiger partial charge in [0.15, 0.2) is 0 Å². The molecule has 0 aliphatic carbocycles. The zero-order chi connectivity index (χ0) is 14.7. The number of nitriles is 1. The van der Waals surface area contributed by atoms with Crippen LogP contribution in [0.25, 0.3) is 0 Å². The van der Waals surface area contributed by atoms with Crippen LogP contribution in [-0.2, 0) is 11.3 Å². The summed E-state index contributed by atoms with van der Waals surface area (Å²) in [5.74, 6) is 0. The topological polar surface area (TPSA) is 33.0 Å². The smallest absolute Gasteiger partial charge is 0.356 e. The van der Waals surface area contributed by atoms with Crippen LogP contribution in [0.1, 0.15) is 11.1 Å². The summed E-state index contributed by atoms with van der Waals surface area (Å²) < 4.78 is 77.0. The van der Waals surface area contributed by atoms with Gasteiger partial charge in [0.2, 0.25) is 6.10 Å². The first kappa shape index (κ1) is 15.3. The van der Waals surface area contributed by atoms with E-state index < -0.39 is 25.1 Å². The predicted octanol–water partition coefficient (Wildman–Crippen LogP) is 3.57. The summed E-state index contributed by atoms with van der Waals surface area (Å²) in [5, 5.41) is 8.65. The third-order valence-electron chi connectivity index (χ3n) is 2.14. The number of halogens is 6. The lowest BCUT2D eigenvalue weighted by molar-refractivity contribution is -0.324. The Morgan fingerprint density at radius 2 is 1.58 bits per heavy atom. The maximum atomic E-state index is 12.2. The van der Waals surface area contributed by atoms with Gasteiger partial charge in [-0.05, 0) is 11.6 Å².